The van der Waals surface area contributed by atoms with Crippen LogP contribution in [-0.2, 0) is 6.42 Å². The zero-order chi connectivity index (χ0) is 14.0. The highest BCUT2D eigenvalue weighted by molar-refractivity contribution is 5.17. The fraction of sp³-hybridized carbons (Fsp3) is 0.333. The van der Waals surface area contributed by atoms with Gasteiger partial charge in [0.25, 0.3) is 0 Å². The normalized spacial score (nSPS) is 12.2. The van der Waals surface area contributed by atoms with Gasteiger partial charge >= 0.3 is 0 Å². The Morgan fingerprint density at radius 2 is 1.50 bits per heavy atom. The van der Waals surface area contributed by atoms with E-state index in [0.29, 0.717) is 6.54 Å². The van der Waals surface area contributed by atoms with Gasteiger partial charge in [0, 0.05) is 6.54 Å². The summed E-state index contributed by atoms with van der Waals surface area (Å²) in [6.45, 7) is 1.58. The predicted octanol–water partition coefficient (Wildman–Crippen LogP) is 3.33. The summed E-state index contributed by atoms with van der Waals surface area (Å²) in [6.07, 6.45) is 3.03. The fourth-order valence-corrected chi connectivity index (χ4v) is 2.26. The Balaban J connectivity index is 1.56. The Hall–Kier alpha value is -1.64. The largest absolute Gasteiger partial charge is 0.387 e. The third-order valence-electron chi connectivity index (χ3n) is 3.43. The molecule has 2 heteroatoms. The molecular formula is C18H23NO. The molecule has 1 atom stereocenters. The molecular weight excluding hydrogens is 246 g/mol. The number of aliphatic hydroxyl groups excluding tert-OH is 1. The summed E-state index contributed by atoms with van der Waals surface area (Å²) in [5.41, 5.74) is 2.38. The van der Waals surface area contributed by atoms with Crippen LogP contribution in [0, 0.1) is 0 Å². The van der Waals surface area contributed by atoms with Gasteiger partial charge < -0.3 is 10.4 Å². The second kappa shape index (κ2) is 8.51. The van der Waals surface area contributed by atoms with Gasteiger partial charge in [0.15, 0.2) is 0 Å². The van der Waals surface area contributed by atoms with Gasteiger partial charge in [-0.15, -0.1) is 0 Å². The van der Waals surface area contributed by atoms with Crippen LogP contribution in [0.1, 0.15) is 30.1 Å². The van der Waals surface area contributed by atoms with Gasteiger partial charge in [0.05, 0.1) is 6.10 Å². The van der Waals surface area contributed by atoms with Crippen LogP contribution in [0.5, 0.6) is 0 Å². The molecule has 0 saturated carbocycles. The summed E-state index contributed by atoms with van der Waals surface area (Å²) in [7, 11) is 0. The molecule has 0 saturated heterocycles. The Bertz CT molecular complexity index is 469. The zero-order valence-electron chi connectivity index (χ0n) is 11.8. The molecule has 0 bridgehead atoms. The molecule has 0 spiro atoms. The van der Waals surface area contributed by atoms with Gasteiger partial charge in [-0.2, -0.15) is 0 Å². The van der Waals surface area contributed by atoms with Crippen molar-refractivity contribution in [3.63, 3.8) is 0 Å². The molecule has 0 aromatic heterocycles. The lowest BCUT2D eigenvalue weighted by Gasteiger charge is -2.12. The van der Waals surface area contributed by atoms with Gasteiger partial charge in [-0.1, -0.05) is 60.7 Å². The van der Waals surface area contributed by atoms with Gasteiger partial charge in [0.2, 0.25) is 0 Å². The number of unbranched alkanes of at least 4 members (excludes halogenated alkanes) is 1. The molecule has 0 fully saturated rings. The molecule has 0 radical (unpaired) electrons. The maximum Gasteiger partial charge on any atom is 0.0914 e. The van der Waals surface area contributed by atoms with Crippen molar-refractivity contribution in [1.82, 2.24) is 5.32 Å². The first kappa shape index (κ1) is 14.8. The molecule has 0 aliphatic rings. The first-order chi connectivity index (χ1) is 9.86. The molecule has 0 heterocycles. The molecule has 2 aromatic rings. The van der Waals surface area contributed by atoms with Crippen LogP contribution in [0.4, 0.5) is 0 Å². The number of rotatable bonds is 8. The number of benzene rings is 2. The van der Waals surface area contributed by atoms with Crippen molar-refractivity contribution < 1.29 is 5.11 Å². The van der Waals surface area contributed by atoms with E-state index in [-0.39, 0.29) is 0 Å². The average molecular weight is 269 g/mol. The van der Waals surface area contributed by atoms with Crippen LogP contribution in [0.2, 0.25) is 0 Å². The summed E-state index contributed by atoms with van der Waals surface area (Å²) in [4.78, 5) is 0. The lowest BCUT2D eigenvalue weighted by Crippen LogP contribution is -2.22. The summed E-state index contributed by atoms with van der Waals surface area (Å²) < 4.78 is 0. The molecule has 2 nitrogen and oxygen atoms in total. The van der Waals surface area contributed by atoms with E-state index in [2.05, 4.69) is 35.6 Å². The monoisotopic (exact) mass is 269 g/mol. The summed E-state index contributed by atoms with van der Waals surface area (Å²) in [5, 5.41) is 13.3. The molecule has 20 heavy (non-hydrogen) atoms. The Morgan fingerprint density at radius 3 is 2.20 bits per heavy atom. The number of aliphatic hydroxyl groups is 1. The zero-order valence-corrected chi connectivity index (χ0v) is 11.8. The second-order valence-corrected chi connectivity index (χ2v) is 5.07. The van der Waals surface area contributed by atoms with Crippen molar-refractivity contribution in [3.8, 4) is 0 Å². The van der Waals surface area contributed by atoms with Crippen molar-refractivity contribution in [2.75, 3.05) is 13.1 Å². The third-order valence-corrected chi connectivity index (χ3v) is 3.43. The summed E-state index contributed by atoms with van der Waals surface area (Å²) in [5.74, 6) is 0. The lowest BCUT2D eigenvalue weighted by atomic mass is 10.1. The fourth-order valence-electron chi connectivity index (χ4n) is 2.26. The molecule has 0 amide bonds. The minimum atomic E-state index is -0.412. The van der Waals surface area contributed by atoms with E-state index in [1.54, 1.807) is 0 Å². The first-order valence-corrected chi connectivity index (χ1v) is 7.34. The highest BCUT2D eigenvalue weighted by Crippen LogP contribution is 2.10. The van der Waals surface area contributed by atoms with E-state index in [9.17, 15) is 5.11 Å². The summed E-state index contributed by atoms with van der Waals surface area (Å²) in [6, 6.07) is 20.4. The lowest BCUT2D eigenvalue weighted by molar-refractivity contribution is 0.174. The molecule has 0 aliphatic carbocycles. The van der Waals surface area contributed by atoms with E-state index in [1.165, 1.54) is 12.0 Å². The van der Waals surface area contributed by atoms with Crippen molar-refractivity contribution in [2.45, 2.75) is 25.4 Å². The number of nitrogens with one attached hydrogen (secondary N) is 1. The van der Waals surface area contributed by atoms with E-state index in [0.717, 1.165) is 24.9 Å². The highest BCUT2D eigenvalue weighted by atomic mass is 16.3. The van der Waals surface area contributed by atoms with Crippen LogP contribution in [0.3, 0.4) is 0 Å². The maximum atomic E-state index is 9.99. The second-order valence-electron chi connectivity index (χ2n) is 5.07. The van der Waals surface area contributed by atoms with Gasteiger partial charge in [-0.25, -0.2) is 0 Å². The smallest absolute Gasteiger partial charge is 0.0914 e. The number of hydrogen-bond acceptors (Lipinski definition) is 2. The first-order valence-electron chi connectivity index (χ1n) is 7.34. The molecule has 1 unspecified atom stereocenters. The van der Waals surface area contributed by atoms with E-state index in [1.807, 2.05) is 30.3 Å². The SMILES string of the molecule is OC(CNCCCCc1ccccc1)c1ccccc1. The van der Waals surface area contributed by atoms with Crippen LogP contribution in [-0.4, -0.2) is 18.2 Å². The van der Waals surface area contributed by atoms with Crippen molar-refractivity contribution in [1.29, 1.82) is 0 Å². The van der Waals surface area contributed by atoms with Crippen LogP contribution >= 0.6 is 0 Å². The average Bonchev–Trinajstić information content (AvgIpc) is 2.52. The van der Waals surface area contributed by atoms with E-state index >= 15 is 0 Å². The Labute approximate surface area is 121 Å². The maximum absolute atomic E-state index is 9.99. The minimum Gasteiger partial charge on any atom is -0.387 e. The van der Waals surface area contributed by atoms with Crippen LogP contribution in [0.25, 0.3) is 0 Å². The Morgan fingerprint density at radius 1 is 0.850 bits per heavy atom. The molecule has 0 aliphatic heterocycles. The van der Waals surface area contributed by atoms with Crippen LogP contribution < -0.4 is 5.32 Å². The predicted molar refractivity (Wildman–Crippen MR) is 83.7 cm³/mol. The highest BCUT2D eigenvalue weighted by Gasteiger charge is 2.05. The molecule has 2 rings (SSSR count). The van der Waals surface area contributed by atoms with Gasteiger partial charge in [0.1, 0.15) is 0 Å². The molecule has 2 N–H and O–H groups in total. The van der Waals surface area contributed by atoms with E-state index in [4.69, 9.17) is 0 Å². The van der Waals surface area contributed by atoms with Gasteiger partial charge in [-0.05, 0) is 36.9 Å². The van der Waals surface area contributed by atoms with Crippen LogP contribution in [0.15, 0.2) is 60.7 Å². The quantitative estimate of drug-likeness (QED) is 0.720. The topological polar surface area (TPSA) is 32.3 Å². The summed E-state index contributed by atoms with van der Waals surface area (Å²) >= 11 is 0. The number of aryl methyl sites for hydroxylation is 1. The third kappa shape index (κ3) is 5.16. The van der Waals surface area contributed by atoms with Crippen molar-refractivity contribution in [3.05, 3.63) is 71.8 Å². The minimum absolute atomic E-state index is 0.412. The number of hydrogen-bond donors (Lipinski definition) is 2. The van der Waals surface area contributed by atoms with E-state index < -0.39 is 6.10 Å². The van der Waals surface area contributed by atoms with Crippen molar-refractivity contribution in [2.24, 2.45) is 0 Å². The molecule has 106 valence electrons. The Kier molecular flexibility index (Phi) is 6.28. The van der Waals surface area contributed by atoms with Crippen molar-refractivity contribution >= 4 is 0 Å². The van der Waals surface area contributed by atoms with Gasteiger partial charge in [-0.3, -0.25) is 0 Å². The molecule has 2 aromatic carbocycles. The standard InChI is InChI=1S/C18H23NO/c20-18(17-12-5-2-6-13-17)15-19-14-8-7-11-16-9-3-1-4-10-16/h1-6,9-10,12-13,18-20H,7-8,11,14-15H2.